The van der Waals surface area contributed by atoms with E-state index in [1.165, 1.54) is 36.2 Å². The first kappa shape index (κ1) is 18.9. The van der Waals surface area contributed by atoms with Gasteiger partial charge in [-0.15, -0.1) is 0 Å². The third-order valence-corrected chi connectivity index (χ3v) is 5.13. The summed E-state index contributed by atoms with van der Waals surface area (Å²) >= 11 is 0. The van der Waals surface area contributed by atoms with E-state index in [0.29, 0.717) is 11.4 Å². The SMILES string of the molecule is COC(=O)C1=C2N(C)c3ccccc3N2C(=O)N[C@]1(c1ccccc1)C(F)(F)F. The van der Waals surface area contributed by atoms with Crippen LogP contribution in [0.5, 0.6) is 0 Å². The second-order valence-corrected chi connectivity index (χ2v) is 6.62. The van der Waals surface area contributed by atoms with E-state index in [9.17, 15) is 22.8 Å². The average molecular weight is 403 g/mol. The number of carbonyl (C=O) groups excluding carboxylic acids is 2. The van der Waals surface area contributed by atoms with Gasteiger partial charge in [0.2, 0.25) is 0 Å². The highest BCUT2D eigenvalue weighted by Crippen LogP contribution is 2.52. The summed E-state index contributed by atoms with van der Waals surface area (Å²) in [5, 5.41) is 2.06. The van der Waals surface area contributed by atoms with Crippen molar-refractivity contribution in [1.29, 1.82) is 0 Å². The Morgan fingerprint density at radius 1 is 1.03 bits per heavy atom. The first-order valence-electron chi connectivity index (χ1n) is 8.64. The molecule has 2 aliphatic heterocycles. The number of benzene rings is 2. The van der Waals surface area contributed by atoms with Gasteiger partial charge < -0.3 is 15.0 Å². The number of anilines is 2. The zero-order chi connectivity index (χ0) is 21.0. The summed E-state index contributed by atoms with van der Waals surface area (Å²) in [7, 11) is 2.51. The summed E-state index contributed by atoms with van der Waals surface area (Å²) in [5.74, 6) is -1.38. The van der Waals surface area contributed by atoms with Crippen LogP contribution in [0.1, 0.15) is 5.56 Å². The largest absolute Gasteiger partial charge is 0.465 e. The van der Waals surface area contributed by atoms with Crippen molar-refractivity contribution in [2.75, 3.05) is 24.0 Å². The van der Waals surface area contributed by atoms with Crippen LogP contribution in [0, 0.1) is 0 Å². The van der Waals surface area contributed by atoms with Crippen LogP contribution in [0.3, 0.4) is 0 Å². The van der Waals surface area contributed by atoms with E-state index in [1.54, 1.807) is 30.3 Å². The fourth-order valence-corrected chi connectivity index (χ4v) is 3.87. The van der Waals surface area contributed by atoms with Gasteiger partial charge in [0.05, 0.1) is 18.5 Å². The second-order valence-electron chi connectivity index (χ2n) is 6.62. The molecule has 2 aromatic rings. The molecule has 0 radical (unpaired) electrons. The number of alkyl halides is 3. The van der Waals surface area contributed by atoms with Crippen LogP contribution in [0.4, 0.5) is 29.3 Å². The van der Waals surface area contributed by atoms with E-state index in [1.807, 2.05) is 0 Å². The quantitative estimate of drug-likeness (QED) is 0.780. The van der Waals surface area contributed by atoms with Gasteiger partial charge in [-0.2, -0.15) is 13.2 Å². The van der Waals surface area contributed by atoms with Gasteiger partial charge in [0.15, 0.2) is 5.54 Å². The first-order valence-corrected chi connectivity index (χ1v) is 8.64. The van der Waals surface area contributed by atoms with Crippen molar-refractivity contribution in [2.45, 2.75) is 11.7 Å². The molecule has 2 aliphatic rings. The van der Waals surface area contributed by atoms with E-state index in [4.69, 9.17) is 4.74 Å². The summed E-state index contributed by atoms with van der Waals surface area (Å²) in [6, 6.07) is 12.4. The Labute approximate surface area is 164 Å². The molecule has 1 N–H and O–H groups in total. The Kier molecular flexibility index (Phi) is 4.07. The third-order valence-electron chi connectivity index (χ3n) is 5.13. The van der Waals surface area contributed by atoms with Gasteiger partial charge in [-0.25, -0.2) is 14.5 Å². The van der Waals surface area contributed by atoms with Crippen LogP contribution in [-0.2, 0) is 15.1 Å². The molecular formula is C20H16F3N3O3. The minimum atomic E-state index is -5.03. The molecule has 6 nitrogen and oxygen atoms in total. The Balaban J connectivity index is 2.12. The molecule has 9 heteroatoms. The number of halogens is 3. The van der Waals surface area contributed by atoms with Crippen LogP contribution in [0.15, 0.2) is 66.0 Å². The number of methoxy groups -OCH3 is 1. The molecule has 0 unspecified atom stereocenters. The molecule has 4 rings (SSSR count). The first-order chi connectivity index (χ1) is 13.7. The molecule has 0 bridgehead atoms. The molecule has 0 spiro atoms. The fraction of sp³-hybridized carbons (Fsp3) is 0.200. The van der Waals surface area contributed by atoms with Crippen LogP contribution in [-0.4, -0.2) is 32.3 Å². The van der Waals surface area contributed by atoms with Gasteiger partial charge in [0.1, 0.15) is 11.4 Å². The smallest absolute Gasteiger partial charge is 0.420 e. The van der Waals surface area contributed by atoms with E-state index in [-0.39, 0.29) is 11.4 Å². The summed E-state index contributed by atoms with van der Waals surface area (Å²) in [4.78, 5) is 28.2. The molecule has 1 atom stereocenters. The number of para-hydroxylation sites is 2. The second kappa shape index (κ2) is 6.26. The molecule has 29 heavy (non-hydrogen) atoms. The van der Waals surface area contributed by atoms with Gasteiger partial charge in [-0.1, -0.05) is 42.5 Å². The van der Waals surface area contributed by atoms with Crippen LogP contribution < -0.4 is 15.1 Å². The fourth-order valence-electron chi connectivity index (χ4n) is 3.87. The highest BCUT2D eigenvalue weighted by molar-refractivity contribution is 6.10. The molecule has 2 heterocycles. The van der Waals surface area contributed by atoms with Crippen molar-refractivity contribution in [3.05, 3.63) is 71.6 Å². The Morgan fingerprint density at radius 3 is 2.21 bits per heavy atom. The van der Waals surface area contributed by atoms with Crippen molar-refractivity contribution in [3.63, 3.8) is 0 Å². The third kappa shape index (κ3) is 2.43. The maximum absolute atomic E-state index is 14.6. The molecule has 0 aliphatic carbocycles. The van der Waals surface area contributed by atoms with Crippen LogP contribution >= 0.6 is 0 Å². The van der Waals surface area contributed by atoms with Crippen LogP contribution in [0.25, 0.3) is 0 Å². The lowest BCUT2D eigenvalue weighted by Gasteiger charge is -2.44. The molecule has 0 saturated heterocycles. The number of ether oxygens (including phenoxy) is 1. The number of nitrogens with zero attached hydrogens (tertiary/aromatic N) is 2. The number of nitrogens with one attached hydrogen (secondary N) is 1. The number of urea groups is 1. The topological polar surface area (TPSA) is 61.9 Å². The normalized spacial score (nSPS) is 20.9. The number of fused-ring (bicyclic) bond motifs is 3. The van der Waals surface area contributed by atoms with Crippen molar-refractivity contribution >= 4 is 23.4 Å². The number of rotatable bonds is 2. The number of hydrogen-bond acceptors (Lipinski definition) is 4. The van der Waals surface area contributed by atoms with E-state index in [0.717, 1.165) is 12.0 Å². The van der Waals surface area contributed by atoms with E-state index >= 15 is 0 Å². The molecule has 2 aromatic carbocycles. The monoisotopic (exact) mass is 403 g/mol. The predicted octanol–water partition coefficient (Wildman–Crippen LogP) is 3.51. The minimum Gasteiger partial charge on any atom is -0.465 e. The standard InChI is InChI=1S/C20H16F3N3O3/c1-25-13-10-6-7-11-14(13)26-16(25)15(17(27)29-2)19(20(21,22)23,24-18(26)28)12-8-4-3-5-9-12/h3-11H,1-2H3,(H,24,28)/t19-/m0/s1. The number of esters is 1. The highest BCUT2D eigenvalue weighted by atomic mass is 19.4. The molecule has 0 aromatic heterocycles. The molecular weight excluding hydrogens is 387 g/mol. The highest BCUT2D eigenvalue weighted by Gasteiger charge is 2.66. The maximum atomic E-state index is 14.6. The van der Waals surface area contributed by atoms with Gasteiger partial charge >= 0.3 is 18.2 Å². The molecule has 0 fully saturated rings. The van der Waals surface area contributed by atoms with Gasteiger partial charge in [-0.05, 0) is 17.7 Å². The molecule has 0 saturated carbocycles. The minimum absolute atomic E-state index is 0.192. The van der Waals surface area contributed by atoms with Crippen molar-refractivity contribution in [1.82, 2.24) is 5.32 Å². The lowest BCUT2D eigenvalue weighted by atomic mass is 9.80. The lowest BCUT2D eigenvalue weighted by Crippen LogP contribution is -2.65. The number of amides is 2. The zero-order valence-electron chi connectivity index (χ0n) is 15.4. The van der Waals surface area contributed by atoms with E-state index in [2.05, 4.69) is 5.32 Å². The predicted molar refractivity (Wildman–Crippen MR) is 99.1 cm³/mol. The van der Waals surface area contributed by atoms with Crippen LogP contribution in [0.2, 0.25) is 0 Å². The Bertz CT molecular complexity index is 1040. The maximum Gasteiger partial charge on any atom is 0.420 e. The number of carbonyl (C=O) groups is 2. The van der Waals surface area contributed by atoms with Crippen molar-refractivity contribution in [3.8, 4) is 0 Å². The van der Waals surface area contributed by atoms with Crippen molar-refractivity contribution < 1.29 is 27.5 Å². The van der Waals surface area contributed by atoms with E-state index < -0.39 is 29.3 Å². The average Bonchev–Trinajstić information content (AvgIpc) is 3.00. The Morgan fingerprint density at radius 2 is 1.62 bits per heavy atom. The molecule has 2 amide bonds. The lowest BCUT2D eigenvalue weighted by molar-refractivity contribution is -0.190. The summed E-state index contributed by atoms with van der Waals surface area (Å²) in [5.41, 5.74) is -3.21. The summed E-state index contributed by atoms with van der Waals surface area (Å²) < 4.78 is 48.6. The number of hydrogen-bond donors (Lipinski definition) is 1. The molecule has 150 valence electrons. The van der Waals surface area contributed by atoms with Crippen molar-refractivity contribution in [2.24, 2.45) is 0 Å². The van der Waals surface area contributed by atoms with Gasteiger partial charge in [-0.3, -0.25) is 0 Å². The van der Waals surface area contributed by atoms with Gasteiger partial charge in [0.25, 0.3) is 0 Å². The summed E-state index contributed by atoms with van der Waals surface area (Å²) in [6.45, 7) is 0. The summed E-state index contributed by atoms with van der Waals surface area (Å²) in [6.07, 6.45) is -5.03. The Hall–Kier alpha value is -3.49. The zero-order valence-corrected chi connectivity index (χ0v) is 15.4. The van der Waals surface area contributed by atoms with Gasteiger partial charge in [0, 0.05) is 7.05 Å².